The Bertz CT molecular complexity index is 582. The summed E-state index contributed by atoms with van der Waals surface area (Å²) in [6.07, 6.45) is 0. The van der Waals surface area contributed by atoms with E-state index in [0.717, 1.165) is 22.3 Å². The molecule has 6 nitrogen and oxygen atoms in total. The molecule has 0 saturated heterocycles. The first-order valence-electron chi connectivity index (χ1n) is 7.90. The molecule has 1 aromatic rings. The Labute approximate surface area is 152 Å². The number of halogens is 1. The van der Waals surface area contributed by atoms with Crippen LogP contribution in [0.5, 0.6) is 5.75 Å². The zero-order chi connectivity index (χ0) is 18.2. The zero-order valence-electron chi connectivity index (χ0n) is 15.0. The van der Waals surface area contributed by atoms with Gasteiger partial charge in [-0.25, -0.2) is 4.99 Å². The van der Waals surface area contributed by atoms with Gasteiger partial charge in [-0.15, -0.1) is 0 Å². The minimum atomic E-state index is -0.246. The maximum atomic E-state index is 11.9. The minimum absolute atomic E-state index is 0.0692. The van der Waals surface area contributed by atoms with Crippen LogP contribution in [0.1, 0.15) is 33.3 Å². The number of hydrogen-bond acceptors (Lipinski definition) is 3. The molecule has 1 amide bonds. The van der Waals surface area contributed by atoms with E-state index in [4.69, 9.17) is 4.74 Å². The number of ether oxygens (including phenoxy) is 1. The fourth-order valence-electron chi connectivity index (χ4n) is 1.95. The third-order valence-electron chi connectivity index (χ3n) is 2.91. The van der Waals surface area contributed by atoms with Crippen LogP contribution >= 0.6 is 15.9 Å². The van der Waals surface area contributed by atoms with Crippen molar-refractivity contribution in [1.82, 2.24) is 16.0 Å². The first-order valence-corrected chi connectivity index (χ1v) is 8.70. The van der Waals surface area contributed by atoms with Crippen molar-refractivity contribution < 1.29 is 9.53 Å². The summed E-state index contributed by atoms with van der Waals surface area (Å²) >= 11 is 3.47. The monoisotopic (exact) mass is 398 g/mol. The molecular formula is C17H27BrN4O2. The summed E-state index contributed by atoms with van der Waals surface area (Å²) in [5, 5.41) is 9.08. The zero-order valence-corrected chi connectivity index (χ0v) is 16.6. The molecule has 7 heteroatoms. The second-order valence-corrected chi connectivity index (χ2v) is 7.17. The Morgan fingerprint density at radius 2 is 2.00 bits per heavy atom. The molecule has 1 rings (SSSR count). The van der Waals surface area contributed by atoms with Gasteiger partial charge in [-0.1, -0.05) is 6.07 Å². The summed E-state index contributed by atoms with van der Waals surface area (Å²) in [7, 11) is 1.63. The molecule has 0 spiro atoms. The number of rotatable bonds is 6. The molecule has 0 aliphatic heterocycles. The number of nitrogens with zero attached hydrogens (tertiary/aromatic N) is 1. The van der Waals surface area contributed by atoms with Gasteiger partial charge in [0.05, 0.1) is 24.7 Å². The first kappa shape index (κ1) is 20.3. The number of hydrogen-bond donors (Lipinski definition) is 3. The van der Waals surface area contributed by atoms with Crippen molar-refractivity contribution in [3.8, 4) is 5.75 Å². The van der Waals surface area contributed by atoms with E-state index in [2.05, 4.69) is 36.9 Å². The van der Waals surface area contributed by atoms with Crippen molar-refractivity contribution in [2.24, 2.45) is 4.99 Å². The van der Waals surface area contributed by atoms with Crippen molar-refractivity contribution in [2.45, 2.75) is 39.8 Å². The topological polar surface area (TPSA) is 74.8 Å². The van der Waals surface area contributed by atoms with Gasteiger partial charge in [0, 0.05) is 12.1 Å². The molecule has 0 atom stereocenters. The molecule has 0 aliphatic rings. The van der Waals surface area contributed by atoms with Crippen LogP contribution in [-0.4, -0.2) is 37.6 Å². The van der Waals surface area contributed by atoms with Gasteiger partial charge in [0.15, 0.2) is 5.96 Å². The van der Waals surface area contributed by atoms with Gasteiger partial charge >= 0.3 is 0 Å². The van der Waals surface area contributed by atoms with E-state index >= 15 is 0 Å². The average Bonchev–Trinajstić information content (AvgIpc) is 2.48. The van der Waals surface area contributed by atoms with E-state index in [1.54, 1.807) is 7.11 Å². The SMILES string of the molecule is CCNC(=NCc1ccc(OC)c(Br)c1)NCC(=O)NC(C)(C)C. The molecule has 0 bridgehead atoms. The predicted molar refractivity (Wildman–Crippen MR) is 101 cm³/mol. The molecule has 0 aliphatic carbocycles. The largest absolute Gasteiger partial charge is 0.496 e. The van der Waals surface area contributed by atoms with E-state index in [-0.39, 0.29) is 18.0 Å². The Morgan fingerprint density at radius 1 is 1.29 bits per heavy atom. The van der Waals surface area contributed by atoms with Crippen LogP contribution in [0.4, 0.5) is 0 Å². The molecule has 0 fully saturated rings. The van der Waals surface area contributed by atoms with E-state index in [9.17, 15) is 4.79 Å². The maximum Gasteiger partial charge on any atom is 0.239 e. The van der Waals surface area contributed by atoms with Gasteiger partial charge < -0.3 is 20.7 Å². The van der Waals surface area contributed by atoms with Crippen molar-refractivity contribution in [3.05, 3.63) is 28.2 Å². The van der Waals surface area contributed by atoms with Crippen LogP contribution in [0.15, 0.2) is 27.7 Å². The number of amides is 1. The van der Waals surface area contributed by atoms with E-state index in [1.807, 2.05) is 45.9 Å². The molecule has 0 unspecified atom stereocenters. The molecule has 1 aromatic carbocycles. The minimum Gasteiger partial charge on any atom is -0.496 e. The van der Waals surface area contributed by atoms with Gasteiger partial charge in [0.1, 0.15) is 5.75 Å². The standard InChI is InChI=1S/C17H27BrN4O2/c1-6-19-16(21-11-15(23)22-17(2,3)4)20-10-12-7-8-14(24-5)13(18)9-12/h7-9H,6,10-11H2,1-5H3,(H,22,23)(H2,19,20,21). The van der Waals surface area contributed by atoms with Crippen LogP contribution in [0.3, 0.4) is 0 Å². The highest BCUT2D eigenvalue weighted by atomic mass is 79.9. The second-order valence-electron chi connectivity index (χ2n) is 6.32. The number of carbonyl (C=O) groups is 1. The Balaban J connectivity index is 2.65. The molecule has 134 valence electrons. The van der Waals surface area contributed by atoms with Gasteiger partial charge in [0.2, 0.25) is 5.91 Å². The molecule has 0 heterocycles. The van der Waals surface area contributed by atoms with Crippen LogP contribution in [-0.2, 0) is 11.3 Å². The number of guanidine groups is 1. The maximum absolute atomic E-state index is 11.9. The summed E-state index contributed by atoms with van der Waals surface area (Å²) in [5.41, 5.74) is 0.794. The smallest absolute Gasteiger partial charge is 0.239 e. The van der Waals surface area contributed by atoms with Gasteiger partial charge in [-0.2, -0.15) is 0 Å². The summed E-state index contributed by atoms with van der Waals surface area (Å²) in [6.45, 7) is 9.23. The van der Waals surface area contributed by atoms with Crippen molar-refractivity contribution in [3.63, 3.8) is 0 Å². The number of methoxy groups -OCH3 is 1. The van der Waals surface area contributed by atoms with E-state index in [1.165, 1.54) is 0 Å². The predicted octanol–water partition coefficient (Wildman–Crippen LogP) is 2.43. The average molecular weight is 399 g/mol. The quantitative estimate of drug-likeness (QED) is 0.508. The van der Waals surface area contributed by atoms with Crippen molar-refractivity contribution >= 4 is 27.8 Å². The number of aliphatic imine (C=N–C) groups is 1. The summed E-state index contributed by atoms with van der Waals surface area (Å²) < 4.78 is 6.11. The summed E-state index contributed by atoms with van der Waals surface area (Å²) in [5.74, 6) is 1.32. The van der Waals surface area contributed by atoms with Gasteiger partial charge in [-0.3, -0.25) is 4.79 Å². The van der Waals surface area contributed by atoms with Crippen LogP contribution in [0.25, 0.3) is 0 Å². The second kappa shape index (κ2) is 9.52. The Morgan fingerprint density at radius 3 is 2.54 bits per heavy atom. The first-order chi connectivity index (χ1) is 11.2. The lowest BCUT2D eigenvalue weighted by atomic mass is 10.1. The number of nitrogens with one attached hydrogen (secondary N) is 3. The van der Waals surface area contributed by atoms with E-state index < -0.39 is 0 Å². The molecule has 3 N–H and O–H groups in total. The molecular weight excluding hydrogens is 372 g/mol. The molecule has 24 heavy (non-hydrogen) atoms. The molecule has 0 radical (unpaired) electrons. The Kier molecular flexibility index (Phi) is 8.04. The normalized spacial score (nSPS) is 11.8. The van der Waals surface area contributed by atoms with Crippen LogP contribution in [0, 0.1) is 0 Å². The summed E-state index contributed by atoms with van der Waals surface area (Å²) in [4.78, 5) is 16.4. The highest BCUT2D eigenvalue weighted by Crippen LogP contribution is 2.25. The lowest BCUT2D eigenvalue weighted by molar-refractivity contribution is -0.121. The van der Waals surface area contributed by atoms with Crippen molar-refractivity contribution in [1.29, 1.82) is 0 Å². The summed E-state index contributed by atoms with van der Waals surface area (Å²) in [6, 6.07) is 5.83. The number of benzene rings is 1. The van der Waals surface area contributed by atoms with E-state index in [0.29, 0.717) is 12.5 Å². The third-order valence-corrected chi connectivity index (χ3v) is 3.53. The van der Waals surface area contributed by atoms with Gasteiger partial charge in [-0.05, 0) is 61.3 Å². The highest BCUT2D eigenvalue weighted by Gasteiger charge is 2.13. The Hall–Kier alpha value is -1.76. The van der Waals surface area contributed by atoms with Crippen LogP contribution < -0.4 is 20.7 Å². The lowest BCUT2D eigenvalue weighted by Crippen LogP contribution is -2.48. The van der Waals surface area contributed by atoms with Crippen LogP contribution in [0.2, 0.25) is 0 Å². The lowest BCUT2D eigenvalue weighted by Gasteiger charge is -2.21. The van der Waals surface area contributed by atoms with Crippen molar-refractivity contribution in [2.75, 3.05) is 20.2 Å². The molecule has 0 aromatic heterocycles. The number of carbonyl (C=O) groups excluding carboxylic acids is 1. The third kappa shape index (κ3) is 7.68. The highest BCUT2D eigenvalue weighted by molar-refractivity contribution is 9.10. The van der Waals surface area contributed by atoms with Gasteiger partial charge in [0.25, 0.3) is 0 Å². The fraction of sp³-hybridized carbons (Fsp3) is 0.529. The molecule has 0 saturated carbocycles. The fourth-order valence-corrected chi connectivity index (χ4v) is 2.53.